The fourth-order valence-corrected chi connectivity index (χ4v) is 2.75. The fourth-order valence-electron chi connectivity index (χ4n) is 2.75. The van der Waals surface area contributed by atoms with Crippen molar-refractivity contribution in [1.29, 1.82) is 0 Å². The van der Waals surface area contributed by atoms with Crippen LogP contribution in [0.4, 0.5) is 0 Å². The van der Waals surface area contributed by atoms with Gasteiger partial charge in [-0.15, -0.1) is 0 Å². The Labute approximate surface area is 144 Å². The molecular formula is C18H29N3O3. The van der Waals surface area contributed by atoms with Crippen molar-refractivity contribution >= 4 is 11.8 Å². The summed E-state index contributed by atoms with van der Waals surface area (Å²) in [7, 11) is 3.49. The molecule has 1 aromatic rings. The van der Waals surface area contributed by atoms with Crippen molar-refractivity contribution in [3.8, 4) is 0 Å². The van der Waals surface area contributed by atoms with E-state index in [2.05, 4.69) is 6.92 Å². The van der Waals surface area contributed by atoms with Crippen molar-refractivity contribution in [1.82, 2.24) is 14.4 Å². The predicted octanol–water partition coefficient (Wildman–Crippen LogP) is 1.79. The molecule has 0 unspecified atom stereocenters. The molecule has 1 aliphatic carbocycles. The van der Waals surface area contributed by atoms with Crippen molar-refractivity contribution in [3.63, 3.8) is 0 Å². The average Bonchev–Trinajstić information content (AvgIpc) is 3.32. The van der Waals surface area contributed by atoms with E-state index in [1.54, 1.807) is 4.90 Å². The molecule has 0 radical (unpaired) electrons. The van der Waals surface area contributed by atoms with E-state index in [-0.39, 0.29) is 25.0 Å². The smallest absolute Gasteiger partial charge is 0.249 e. The number of carbonyl (C=O) groups excluding carboxylic acids is 2. The second-order valence-electron chi connectivity index (χ2n) is 6.47. The van der Waals surface area contributed by atoms with Crippen LogP contribution in [0, 0.1) is 0 Å². The van der Waals surface area contributed by atoms with Crippen LogP contribution in [0.3, 0.4) is 0 Å². The summed E-state index contributed by atoms with van der Waals surface area (Å²) in [6.45, 7) is 3.45. The zero-order chi connectivity index (χ0) is 17.5. The van der Waals surface area contributed by atoms with Crippen molar-refractivity contribution in [3.05, 3.63) is 24.0 Å². The van der Waals surface area contributed by atoms with Crippen LogP contribution in [0.5, 0.6) is 0 Å². The number of carbonyl (C=O) groups is 2. The van der Waals surface area contributed by atoms with E-state index in [0.29, 0.717) is 19.1 Å². The minimum Gasteiger partial charge on any atom is -0.375 e. The zero-order valence-electron chi connectivity index (χ0n) is 15.0. The lowest BCUT2D eigenvalue weighted by molar-refractivity contribution is -0.143. The molecule has 2 rings (SSSR count). The lowest BCUT2D eigenvalue weighted by atomic mass is 10.3. The predicted molar refractivity (Wildman–Crippen MR) is 92.3 cm³/mol. The van der Waals surface area contributed by atoms with Gasteiger partial charge in [-0.25, -0.2) is 0 Å². The standard InChI is InChI=1S/C18H29N3O3/c1-4-5-11-20(18(23)14-24-3)13-17(22)21(15-8-9-15)12-16-7-6-10-19(16)2/h6-7,10,15H,4-5,8-9,11-14H2,1-3H3. The molecule has 134 valence electrons. The summed E-state index contributed by atoms with van der Waals surface area (Å²) in [5.41, 5.74) is 1.11. The highest BCUT2D eigenvalue weighted by molar-refractivity contribution is 5.85. The number of unbranched alkanes of at least 4 members (excludes halogenated alkanes) is 1. The maximum atomic E-state index is 12.8. The van der Waals surface area contributed by atoms with Crippen LogP contribution in [-0.2, 0) is 27.9 Å². The molecule has 0 aliphatic heterocycles. The third-order valence-electron chi connectivity index (χ3n) is 4.42. The minimum absolute atomic E-state index is 0.0260. The van der Waals surface area contributed by atoms with Gasteiger partial charge in [0.05, 0.1) is 13.1 Å². The molecular weight excluding hydrogens is 306 g/mol. The molecule has 1 saturated carbocycles. The van der Waals surface area contributed by atoms with Crippen LogP contribution in [0.1, 0.15) is 38.3 Å². The normalized spacial score (nSPS) is 13.8. The molecule has 0 aromatic carbocycles. The molecule has 1 aromatic heterocycles. The SMILES string of the molecule is CCCCN(CC(=O)N(Cc1cccn1C)C1CC1)C(=O)COC. The van der Waals surface area contributed by atoms with Crippen LogP contribution < -0.4 is 0 Å². The van der Waals surface area contributed by atoms with Gasteiger partial charge >= 0.3 is 0 Å². The van der Waals surface area contributed by atoms with E-state index >= 15 is 0 Å². The third kappa shape index (κ3) is 5.09. The van der Waals surface area contributed by atoms with E-state index in [9.17, 15) is 9.59 Å². The number of ether oxygens (including phenoxy) is 1. The number of rotatable bonds is 10. The van der Waals surface area contributed by atoms with Gasteiger partial charge < -0.3 is 19.1 Å². The molecule has 0 bridgehead atoms. The molecule has 1 aliphatic rings. The van der Waals surface area contributed by atoms with Gasteiger partial charge in [-0.1, -0.05) is 13.3 Å². The van der Waals surface area contributed by atoms with E-state index in [0.717, 1.165) is 31.4 Å². The topological polar surface area (TPSA) is 54.8 Å². The van der Waals surface area contributed by atoms with Crippen molar-refractivity contribution in [2.24, 2.45) is 7.05 Å². The van der Waals surface area contributed by atoms with E-state index in [1.807, 2.05) is 34.8 Å². The van der Waals surface area contributed by atoms with Gasteiger partial charge in [0.15, 0.2) is 0 Å². The van der Waals surface area contributed by atoms with Crippen LogP contribution >= 0.6 is 0 Å². The van der Waals surface area contributed by atoms with Crippen LogP contribution in [-0.4, -0.2) is 59.0 Å². The third-order valence-corrected chi connectivity index (χ3v) is 4.42. The number of hydrogen-bond acceptors (Lipinski definition) is 3. The number of aromatic nitrogens is 1. The highest BCUT2D eigenvalue weighted by Gasteiger charge is 2.34. The number of amides is 2. The zero-order valence-corrected chi connectivity index (χ0v) is 15.0. The van der Waals surface area contributed by atoms with Crippen molar-refractivity contribution < 1.29 is 14.3 Å². The van der Waals surface area contributed by atoms with Gasteiger partial charge in [0.2, 0.25) is 11.8 Å². The van der Waals surface area contributed by atoms with E-state index in [1.165, 1.54) is 7.11 Å². The molecule has 1 fully saturated rings. The van der Waals surface area contributed by atoms with Crippen LogP contribution in [0.25, 0.3) is 0 Å². The second-order valence-corrected chi connectivity index (χ2v) is 6.47. The quantitative estimate of drug-likeness (QED) is 0.655. The maximum Gasteiger partial charge on any atom is 0.249 e. The molecule has 6 nitrogen and oxygen atoms in total. The van der Waals surface area contributed by atoms with E-state index in [4.69, 9.17) is 4.74 Å². The van der Waals surface area contributed by atoms with Gasteiger partial charge in [0, 0.05) is 38.6 Å². The average molecular weight is 335 g/mol. The molecule has 0 saturated heterocycles. The Morgan fingerprint density at radius 2 is 2.08 bits per heavy atom. The van der Waals surface area contributed by atoms with Gasteiger partial charge in [-0.05, 0) is 31.4 Å². The first kappa shape index (κ1) is 18.5. The van der Waals surface area contributed by atoms with Crippen LogP contribution in [0.15, 0.2) is 18.3 Å². The first-order chi connectivity index (χ1) is 11.6. The summed E-state index contributed by atoms with van der Waals surface area (Å²) in [6, 6.07) is 4.34. The first-order valence-electron chi connectivity index (χ1n) is 8.73. The summed E-state index contributed by atoms with van der Waals surface area (Å²) in [5, 5.41) is 0. The van der Waals surface area contributed by atoms with Crippen molar-refractivity contribution in [2.45, 2.75) is 45.2 Å². The summed E-state index contributed by atoms with van der Waals surface area (Å²) in [5.74, 6) is -0.0897. The lowest BCUT2D eigenvalue weighted by Gasteiger charge is -2.28. The van der Waals surface area contributed by atoms with Crippen LogP contribution in [0.2, 0.25) is 0 Å². The molecule has 6 heteroatoms. The molecule has 24 heavy (non-hydrogen) atoms. The van der Waals surface area contributed by atoms with E-state index < -0.39 is 0 Å². The van der Waals surface area contributed by atoms with Gasteiger partial charge in [-0.3, -0.25) is 9.59 Å². The summed E-state index contributed by atoms with van der Waals surface area (Å²) >= 11 is 0. The second kappa shape index (κ2) is 8.87. The number of nitrogens with zero attached hydrogens (tertiary/aromatic N) is 3. The summed E-state index contributed by atoms with van der Waals surface area (Å²) in [6.07, 6.45) is 5.97. The van der Waals surface area contributed by atoms with Gasteiger partial charge in [0.1, 0.15) is 6.61 Å². The fraction of sp³-hybridized carbons (Fsp3) is 0.667. The Bertz CT molecular complexity index is 551. The molecule has 0 atom stereocenters. The maximum absolute atomic E-state index is 12.8. The Hall–Kier alpha value is -1.82. The molecule has 0 N–H and O–H groups in total. The summed E-state index contributed by atoms with van der Waals surface area (Å²) in [4.78, 5) is 28.6. The largest absolute Gasteiger partial charge is 0.375 e. The highest BCUT2D eigenvalue weighted by atomic mass is 16.5. The highest BCUT2D eigenvalue weighted by Crippen LogP contribution is 2.28. The number of aryl methyl sites for hydroxylation is 1. The number of methoxy groups -OCH3 is 1. The van der Waals surface area contributed by atoms with Gasteiger partial charge in [0.25, 0.3) is 0 Å². The Morgan fingerprint density at radius 3 is 2.62 bits per heavy atom. The Kier molecular flexibility index (Phi) is 6.85. The first-order valence-corrected chi connectivity index (χ1v) is 8.73. The molecule has 0 spiro atoms. The Morgan fingerprint density at radius 1 is 1.33 bits per heavy atom. The summed E-state index contributed by atoms with van der Waals surface area (Å²) < 4.78 is 6.98. The monoisotopic (exact) mass is 335 g/mol. The van der Waals surface area contributed by atoms with Crippen molar-refractivity contribution in [2.75, 3.05) is 26.8 Å². The minimum atomic E-state index is -0.117. The molecule has 2 amide bonds. The number of hydrogen-bond donors (Lipinski definition) is 0. The lowest BCUT2D eigenvalue weighted by Crippen LogP contribution is -2.45. The van der Waals surface area contributed by atoms with Gasteiger partial charge in [-0.2, -0.15) is 0 Å². The molecule has 1 heterocycles. The Balaban J connectivity index is 2.01.